The number of ether oxygens (including phenoxy) is 3. The van der Waals surface area contributed by atoms with E-state index in [0.717, 1.165) is 0 Å². The molecule has 0 aliphatic heterocycles. The summed E-state index contributed by atoms with van der Waals surface area (Å²) in [5.41, 5.74) is 0.956. The third kappa shape index (κ3) is 4.33. The standard InChI is InChI=1S/C21H18ClNO4/c1-25-19-12-11-14(13-20(19)26-2)21(24)23-16-8-4-6-10-18(16)27-17-9-5-3-7-15(17)22/h3-13H,1-2H3,(H,23,24). The first-order chi connectivity index (χ1) is 13.1. The summed E-state index contributed by atoms with van der Waals surface area (Å²) in [6, 6.07) is 19.2. The second kappa shape index (κ2) is 8.47. The van der Waals surface area contributed by atoms with E-state index >= 15 is 0 Å². The smallest absolute Gasteiger partial charge is 0.255 e. The Kier molecular flexibility index (Phi) is 5.84. The summed E-state index contributed by atoms with van der Waals surface area (Å²) in [5.74, 6) is 1.72. The first-order valence-electron chi connectivity index (χ1n) is 8.17. The third-order valence-corrected chi connectivity index (χ3v) is 4.15. The van der Waals surface area contributed by atoms with Crippen molar-refractivity contribution in [3.63, 3.8) is 0 Å². The zero-order valence-corrected chi connectivity index (χ0v) is 15.6. The molecule has 6 heteroatoms. The highest BCUT2D eigenvalue weighted by Gasteiger charge is 2.14. The Hall–Kier alpha value is -3.18. The van der Waals surface area contributed by atoms with Gasteiger partial charge in [-0.25, -0.2) is 0 Å². The van der Waals surface area contributed by atoms with Crippen molar-refractivity contribution in [1.82, 2.24) is 0 Å². The molecule has 0 saturated heterocycles. The van der Waals surface area contributed by atoms with Crippen molar-refractivity contribution in [3.8, 4) is 23.0 Å². The molecule has 3 aromatic carbocycles. The summed E-state index contributed by atoms with van der Waals surface area (Å²) < 4.78 is 16.3. The number of hydrogen-bond donors (Lipinski definition) is 1. The molecule has 1 N–H and O–H groups in total. The van der Waals surface area contributed by atoms with Gasteiger partial charge < -0.3 is 19.5 Å². The Morgan fingerprint density at radius 1 is 0.815 bits per heavy atom. The van der Waals surface area contributed by atoms with Gasteiger partial charge in [-0.2, -0.15) is 0 Å². The highest BCUT2D eigenvalue weighted by Crippen LogP contribution is 2.34. The zero-order chi connectivity index (χ0) is 19.2. The van der Waals surface area contributed by atoms with Crippen LogP contribution in [0.3, 0.4) is 0 Å². The molecular weight excluding hydrogens is 366 g/mol. The monoisotopic (exact) mass is 383 g/mol. The molecular formula is C21H18ClNO4. The molecule has 0 atom stereocenters. The minimum atomic E-state index is -0.300. The number of anilines is 1. The largest absolute Gasteiger partial charge is 0.493 e. The number of halogens is 1. The number of benzene rings is 3. The second-order valence-electron chi connectivity index (χ2n) is 5.55. The van der Waals surface area contributed by atoms with Crippen LogP contribution in [0.15, 0.2) is 66.7 Å². The van der Waals surface area contributed by atoms with Crippen LogP contribution in [-0.2, 0) is 0 Å². The molecule has 3 rings (SSSR count). The van der Waals surface area contributed by atoms with Gasteiger partial charge in [-0.3, -0.25) is 4.79 Å². The Morgan fingerprint density at radius 3 is 2.19 bits per heavy atom. The van der Waals surface area contributed by atoms with Crippen LogP contribution in [-0.4, -0.2) is 20.1 Å². The van der Waals surface area contributed by atoms with Crippen molar-refractivity contribution >= 4 is 23.2 Å². The highest BCUT2D eigenvalue weighted by atomic mass is 35.5. The maximum absolute atomic E-state index is 12.7. The summed E-state index contributed by atoms with van der Waals surface area (Å²) in [7, 11) is 3.06. The van der Waals surface area contributed by atoms with Gasteiger partial charge in [-0.1, -0.05) is 35.9 Å². The van der Waals surface area contributed by atoms with Crippen molar-refractivity contribution in [1.29, 1.82) is 0 Å². The minimum Gasteiger partial charge on any atom is -0.493 e. The molecule has 0 unspecified atom stereocenters. The van der Waals surface area contributed by atoms with E-state index in [1.807, 2.05) is 24.3 Å². The van der Waals surface area contributed by atoms with E-state index < -0.39 is 0 Å². The fraction of sp³-hybridized carbons (Fsp3) is 0.0952. The maximum atomic E-state index is 12.7. The lowest BCUT2D eigenvalue weighted by Gasteiger charge is -2.14. The van der Waals surface area contributed by atoms with E-state index in [9.17, 15) is 4.79 Å². The number of para-hydroxylation sites is 3. The minimum absolute atomic E-state index is 0.300. The average molecular weight is 384 g/mol. The van der Waals surface area contributed by atoms with Gasteiger partial charge in [-0.05, 0) is 42.5 Å². The van der Waals surface area contributed by atoms with Crippen LogP contribution in [0.4, 0.5) is 5.69 Å². The molecule has 0 bridgehead atoms. The van der Waals surface area contributed by atoms with E-state index in [1.54, 1.807) is 49.6 Å². The number of hydrogen-bond acceptors (Lipinski definition) is 4. The molecule has 0 radical (unpaired) electrons. The summed E-state index contributed by atoms with van der Waals surface area (Å²) in [6.45, 7) is 0. The van der Waals surface area contributed by atoms with Crippen LogP contribution >= 0.6 is 11.6 Å². The van der Waals surface area contributed by atoms with Gasteiger partial charge in [-0.15, -0.1) is 0 Å². The van der Waals surface area contributed by atoms with Crippen molar-refractivity contribution in [2.24, 2.45) is 0 Å². The average Bonchev–Trinajstić information content (AvgIpc) is 2.70. The topological polar surface area (TPSA) is 56.8 Å². The molecule has 0 heterocycles. The van der Waals surface area contributed by atoms with Gasteiger partial charge >= 0.3 is 0 Å². The first kappa shape index (κ1) is 18.6. The number of nitrogens with one attached hydrogen (secondary N) is 1. The van der Waals surface area contributed by atoms with E-state index in [-0.39, 0.29) is 5.91 Å². The molecule has 0 aromatic heterocycles. The van der Waals surface area contributed by atoms with Gasteiger partial charge in [0.15, 0.2) is 17.2 Å². The molecule has 1 amide bonds. The van der Waals surface area contributed by atoms with Crippen LogP contribution in [0.5, 0.6) is 23.0 Å². The van der Waals surface area contributed by atoms with E-state index in [0.29, 0.717) is 39.3 Å². The zero-order valence-electron chi connectivity index (χ0n) is 14.9. The predicted octanol–water partition coefficient (Wildman–Crippen LogP) is 5.40. The SMILES string of the molecule is COc1ccc(C(=O)Nc2ccccc2Oc2ccccc2Cl)cc1OC. The number of carbonyl (C=O) groups is 1. The Labute approximate surface area is 162 Å². The first-order valence-corrected chi connectivity index (χ1v) is 8.55. The number of amides is 1. The predicted molar refractivity (Wildman–Crippen MR) is 105 cm³/mol. The van der Waals surface area contributed by atoms with Crippen molar-refractivity contribution < 1.29 is 19.0 Å². The Balaban J connectivity index is 1.84. The third-order valence-electron chi connectivity index (χ3n) is 3.84. The number of rotatable bonds is 6. The molecule has 5 nitrogen and oxygen atoms in total. The van der Waals surface area contributed by atoms with Crippen LogP contribution in [0.2, 0.25) is 5.02 Å². The number of methoxy groups -OCH3 is 2. The summed E-state index contributed by atoms with van der Waals surface area (Å²) in [5, 5.41) is 3.34. The van der Waals surface area contributed by atoms with Crippen LogP contribution in [0.25, 0.3) is 0 Å². The molecule has 0 aliphatic carbocycles. The van der Waals surface area contributed by atoms with Gasteiger partial charge in [0.25, 0.3) is 5.91 Å². The van der Waals surface area contributed by atoms with E-state index in [4.69, 9.17) is 25.8 Å². The Bertz CT molecular complexity index is 958. The lowest BCUT2D eigenvalue weighted by molar-refractivity contribution is 0.102. The summed E-state index contributed by atoms with van der Waals surface area (Å²) in [6.07, 6.45) is 0. The van der Waals surface area contributed by atoms with Gasteiger partial charge in [0.1, 0.15) is 5.75 Å². The summed E-state index contributed by atoms with van der Waals surface area (Å²) in [4.78, 5) is 12.7. The van der Waals surface area contributed by atoms with Crippen molar-refractivity contribution in [2.45, 2.75) is 0 Å². The van der Waals surface area contributed by atoms with Gasteiger partial charge in [0.05, 0.1) is 24.9 Å². The molecule has 0 fully saturated rings. The fourth-order valence-electron chi connectivity index (χ4n) is 2.48. The second-order valence-corrected chi connectivity index (χ2v) is 5.96. The number of carbonyl (C=O) groups excluding carboxylic acids is 1. The van der Waals surface area contributed by atoms with E-state index in [2.05, 4.69) is 5.32 Å². The lowest BCUT2D eigenvalue weighted by atomic mass is 10.1. The van der Waals surface area contributed by atoms with Crippen molar-refractivity contribution in [3.05, 3.63) is 77.3 Å². The molecule has 0 aliphatic rings. The molecule has 0 saturated carbocycles. The normalized spacial score (nSPS) is 10.2. The fourth-order valence-corrected chi connectivity index (χ4v) is 2.65. The molecule has 27 heavy (non-hydrogen) atoms. The van der Waals surface area contributed by atoms with Crippen LogP contribution in [0.1, 0.15) is 10.4 Å². The van der Waals surface area contributed by atoms with Gasteiger partial charge in [0.2, 0.25) is 0 Å². The van der Waals surface area contributed by atoms with E-state index in [1.165, 1.54) is 7.11 Å². The highest BCUT2D eigenvalue weighted by molar-refractivity contribution is 6.32. The van der Waals surface area contributed by atoms with Crippen LogP contribution in [0, 0.1) is 0 Å². The molecule has 0 spiro atoms. The lowest BCUT2D eigenvalue weighted by Crippen LogP contribution is -2.12. The molecule has 3 aromatic rings. The van der Waals surface area contributed by atoms with Crippen molar-refractivity contribution in [2.75, 3.05) is 19.5 Å². The quantitative estimate of drug-likeness (QED) is 0.619. The van der Waals surface area contributed by atoms with Gasteiger partial charge in [0, 0.05) is 5.56 Å². The maximum Gasteiger partial charge on any atom is 0.255 e. The summed E-state index contributed by atoms with van der Waals surface area (Å²) >= 11 is 6.15. The Morgan fingerprint density at radius 2 is 1.48 bits per heavy atom. The molecule has 138 valence electrons. The van der Waals surface area contributed by atoms with Crippen LogP contribution < -0.4 is 19.5 Å².